The molecule has 16 heavy (non-hydrogen) atoms. The molecule has 0 fully saturated rings. The molecular formula is C12H12N2O2. The predicted octanol–water partition coefficient (Wildman–Crippen LogP) is 1.79. The van der Waals surface area contributed by atoms with Crippen LogP contribution in [0.25, 0.3) is 0 Å². The number of hydrogen-bond acceptors (Lipinski definition) is 4. The van der Waals surface area contributed by atoms with Gasteiger partial charge in [-0.2, -0.15) is 4.98 Å². The molecule has 2 rings (SSSR count). The number of carbonyl (C=O) groups is 1. The molecule has 0 atom stereocenters. The van der Waals surface area contributed by atoms with E-state index in [1.54, 1.807) is 0 Å². The first-order chi connectivity index (χ1) is 7.88. The molecular weight excluding hydrogens is 204 g/mol. The molecule has 0 amide bonds. The third-order valence-electron chi connectivity index (χ3n) is 2.19. The van der Waals surface area contributed by atoms with Gasteiger partial charge in [-0.25, -0.2) is 0 Å². The maximum absolute atomic E-state index is 10.2. The molecule has 1 heterocycles. The first kappa shape index (κ1) is 10.5. The fourth-order valence-electron chi connectivity index (χ4n) is 1.42. The fourth-order valence-corrected chi connectivity index (χ4v) is 1.42. The molecule has 0 radical (unpaired) electrons. The number of benzene rings is 1. The van der Waals surface area contributed by atoms with Gasteiger partial charge in [0, 0.05) is 19.3 Å². The molecule has 0 saturated carbocycles. The van der Waals surface area contributed by atoms with Crippen molar-refractivity contribution in [1.82, 2.24) is 10.1 Å². The van der Waals surface area contributed by atoms with E-state index in [4.69, 9.17) is 4.52 Å². The molecule has 0 aliphatic rings. The van der Waals surface area contributed by atoms with Crippen LogP contribution in [0, 0.1) is 0 Å². The van der Waals surface area contributed by atoms with E-state index >= 15 is 0 Å². The Balaban J connectivity index is 2.00. The van der Waals surface area contributed by atoms with Crippen molar-refractivity contribution in [2.24, 2.45) is 0 Å². The molecule has 0 N–H and O–H groups in total. The van der Waals surface area contributed by atoms with Crippen molar-refractivity contribution in [2.75, 3.05) is 0 Å². The summed E-state index contributed by atoms with van der Waals surface area (Å²) in [6, 6.07) is 9.95. The zero-order valence-electron chi connectivity index (χ0n) is 8.80. The Labute approximate surface area is 93.3 Å². The minimum Gasteiger partial charge on any atom is -0.339 e. The highest BCUT2D eigenvalue weighted by atomic mass is 16.5. The van der Waals surface area contributed by atoms with Crippen molar-refractivity contribution in [3.05, 3.63) is 47.6 Å². The third kappa shape index (κ3) is 2.76. The summed E-state index contributed by atoms with van der Waals surface area (Å²) in [7, 11) is 0. The Morgan fingerprint density at radius 1 is 1.25 bits per heavy atom. The lowest BCUT2D eigenvalue weighted by molar-refractivity contribution is -0.107. The lowest BCUT2D eigenvalue weighted by Crippen LogP contribution is -1.91. The van der Waals surface area contributed by atoms with Crippen LogP contribution in [0.1, 0.15) is 23.7 Å². The van der Waals surface area contributed by atoms with E-state index in [1.165, 1.54) is 0 Å². The van der Waals surface area contributed by atoms with Crippen molar-refractivity contribution in [3.8, 4) is 0 Å². The van der Waals surface area contributed by atoms with Gasteiger partial charge in [-0.1, -0.05) is 35.5 Å². The molecule has 82 valence electrons. The maximum atomic E-state index is 10.2. The lowest BCUT2D eigenvalue weighted by Gasteiger charge is -1.93. The van der Waals surface area contributed by atoms with E-state index in [0.717, 1.165) is 11.8 Å². The zero-order chi connectivity index (χ0) is 11.2. The van der Waals surface area contributed by atoms with Crippen LogP contribution in [0.4, 0.5) is 0 Å². The van der Waals surface area contributed by atoms with Crippen LogP contribution in [-0.4, -0.2) is 16.4 Å². The number of aromatic nitrogens is 2. The van der Waals surface area contributed by atoms with Gasteiger partial charge in [0.2, 0.25) is 5.89 Å². The van der Waals surface area contributed by atoms with E-state index in [1.807, 2.05) is 30.3 Å². The molecule has 0 spiro atoms. The van der Waals surface area contributed by atoms with Gasteiger partial charge < -0.3 is 9.32 Å². The molecule has 0 aliphatic heterocycles. The van der Waals surface area contributed by atoms with Gasteiger partial charge in [0.1, 0.15) is 6.29 Å². The zero-order valence-corrected chi connectivity index (χ0v) is 8.80. The van der Waals surface area contributed by atoms with E-state index in [9.17, 15) is 4.79 Å². The van der Waals surface area contributed by atoms with Crippen LogP contribution < -0.4 is 0 Å². The van der Waals surface area contributed by atoms with Gasteiger partial charge in [-0.15, -0.1) is 0 Å². The highest BCUT2D eigenvalue weighted by Gasteiger charge is 2.06. The minimum atomic E-state index is 0.424. The van der Waals surface area contributed by atoms with E-state index in [0.29, 0.717) is 31.0 Å². The summed E-state index contributed by atoms with van der Waals surface area (Å²) in [5.41, 5.74) is 1.14. The van der Waals surface area contributed by atoms with E-state index in [2.05, 4.69) is 10.1 Å². The molecule has 4 heteroatoms. The normalized spacial score (nSPS) is 10.2. The largest absolute Gasteiger partial charge is 0.339 e. The third-order valence-corrected chi connectivity index (χ3v) is 2.19. The first-order valence-electron chi connectivity index (χ1n) is 5.17. The minimum absolute atomic E-state index is 0.424. The Bertz CT molecular complexity index is 451. The second kappa shape index (κ2) is 5.21. The van der Waals surface area contributed by atoms with Crippen molar-refractivity contribution in [2.45, 2.75) is 19.3 Å². The van der Waals surface area contributed by atoms with Crippen LogP contribution in [0.15, 0.2) is 34.9 Å². The van der Waals surface area contributed by atoms with Crippen molar-refractivity contribution in [1.29, 1.82) is 0 Å². The van der Waals surface area contributed by atoms with Gasteiger partial charge >= 0.3 is 0 Å². The van der Waals surface area contributed by atoms with E-state index in [-0.39, 0.29) is 0 Å². The van der Waals surface area contributed by atoms with Crippen molar-refractivity contribution < 1.29 is 9.32 Å². The molecule has 4 nitrogen and oxygen atoms in total. The summed E-state index contributed by atoms with van der Waals surface area (Å²) in [6.07, 6.45) is 2.45. The SMILES string of the molecule is O=CCCc1nc(Cc2ccccc2)no1. The average Bonchev–Trinajstić information content (AvgIpc) is 2.75. The number of aryl methyl sites for hydroxylation is 1. The lowest BCUT2D eigenvalue weighted by atomic mass is 10.1. The van der Waals surface area contributed by atoms with Crippen LogP contribution >= 0.6 is 0 Å². The Hall–Kier alpha value is -1.97. The molecule has 0 bridgehead atoms. The van der Waals surface area contributed by atoms with Gasteiger partial charge in [0.05, 0.1) is 0 Å². The Morgan fingerprint density at radius 2 is 2.06 bits per heavy atom. The van der Waals surface area contributed by atoms with Crippen LogP contribution in [0.2, 0.25) is 0 Å². The molecule has 0 unspecified atom stereocenters. The second-order valence-corrected chi connectivity index (χ2v) is 3.47. The first-order valence-corrected chi connectivity index (χ1v) is 5.17. The fraction of sp³-hybridized carbons (Fsp3) is 0.250. The van der Waals surface area contributed by atoms with Crippen LogP contribution in [0.5, 0.6) is 0 Å². The summed E-state index contributed by atoms with van der Waals surface area (Å²) < 4.78 is 5.02. The monoisotopic (exact) mass is 216 g/mol. The summed E-state index contributed by atoms with van der Waals surface area (Å²) in [6.45, 7) is 0. The number of carbonyl (C=O) groups excluding carboxylic acids is 1. The molecule has 0 saturated heterocycles. The summed E-state index contributed by atoms with van der Waals surface area (Å²) >= 11 is 0. The van der Waals surface area contributed by atoms with Gasteiger partial charge in [0.25, 0.3) is 0 Å². The molecule has 1 aromatic heterocycles. The van der Waals surface area contributed by atoms with Crippen LogP contribution in [-0.2, 0) is 17.6 Å². The highest BCUT2D eigenvalue weighted by Crippen LogP contribution is 2.07. The van der Waals surface area contributed by atoms with Crippen molar-refractivity contribution in [3.63, 3.8) is 0 Å². The quantitative estimate of drug-likeness (QED) is 0.715. The van der Waals surface area contributed by atoms with Crippen LogP contribution in [0.3, 0.4) is 0 Å². The van der Waals surface area contributed by atoms with Crippen molar-refractivity contribution >= 4 is 6.29 Å². The average molecular weight is 216 g/mol. The van der Waals surface area contributed by atoms with E-state index < -0.39 is 0 Å². The predicted molar refractivity (Wildman–Crippen MR) is 57.9 cm³/mol. The second-order valence-electron chi connectivity index (χ2n) is 3.47. The van der Waals surface area contributed by atoms with Gasteiger partial charge in [-0.3, -0.25) is 0 Å². The number of nitrogens with zero attached hydrogens (tertiary/aromatic N) is 2. The number of rotatable bonds is 5. The Morgan fingerprint density at radius 3 is 2.81 bits per heavy atom. The molecule has 1 aromatic carbocycles. The molecule has 2 aromatic rings. The standard InChI is InChI=1S/C12H12N2O2/c15-8-4-7-12-13-11(14-16-12)9-10-5-2-1-3-6-10/h1-3,5-6,8H,4,7,9H2. The maximum Gasteiger partial charge on any atom is 0.227 e. The van der Waals surface area contributed by atoms with Gasteiger partial charge in [0.15, 0.2) is 5.82 Å². The smallest absolute Gasteiger partial charge is 0.227 e. The number of aldehydes is 1. The topological polar surface area (TPSA) is 56.0 Å². The number of hydrogen-bond donors (Lipinski definition) is 0. The summed E-state index contributed by atoms with van der Waals surface area (Å²) in [5.74, 6) is 1.19. The summed E-state index contributed by atoms with van der Waals surface area (Å²) in [5, 5.41) is 3.86. The summed E-state index contributed by atoms with van der Waals surface area (Å²) in [4.78, 5) is 14.4. The molecule has 0 aliphatic carbocycles. The highest BCUT2D eigenvalue weighted by molar-refractivity contribution is 5.49. The van der Waals surface area contributed by atoms with Gasteiger partial charge in [-0.05, 0) is 5.56 Å². The Kier molecular flexibility index (Phi) is 3.43.